The number of hydrogen-bond donors (Lipinski definition) is 2. The standard InChI is InChI=1S/C24H30N8O2/c33-23(22-12-17-14-25-6-5-20(17)26-27-22)16-2-1-7-32(15-16)24-19-4-3-18(13-21(19)28-30-29-24)31-8-10-34-11-9-31/h3-4,12-13,16,23,25,33H,1-2,5-11,14-15H2/t16-,23-/m0/s1. The molecule has 0 spiro atoms. The summed E-state index contributed by atoms with van der Waals surface area (Å²) in [5.74, 6) is 0.881. The van der Waals surface area contributed by atoms with Gasteiger partial charge in [0.25, 0.3) is 0 Å². The summed E-state index contributed by atoms with van der Waals surface area (Å²) in [6.07, 6.45) is 2.14. The topological polar surface area (TPSA) is 112 Å². The minimum Gasteiger partial charge on any atom is -0.386 e. The van der Waals surface area contributed by atoms with Crippen LogP contribution in [-0.2, 0) is 17.7 Å². The maximum atomic E-state index is 11.2. The van der Waals surface area contributed by atoms with E-state index in [1.54, 1.807) is 0 Å². The Balaban J connectivity index is 1.23. The van der Waals surface area contributed by atoms with Crippen LogP contribution < -0.4 is 15.1 Å². The first-order chi connectivity index (χ1) is 16.8. The fraction of sp³-hybridized carbons (Fsp3) is 0.542. The Kier molecular flexibility index (Phi) is 5.94. The molecule has 10 heteroatoms. The highest BCUT2D eigenvalue weighted by molar-refractivity contribution is 5.91. The Morgan fingerprint density at radius 1 is 1.03 bits per heavy atom. The van der Waals surface area contributed by atoms with Gasteiger partial charge in [0.2, 0.25) is 0 Å². The Bertz CT molecular complexity index is 1170. The number of hydrogen-bond acceptors (Lipinski definition) is 10. The van der Waals surface area contributed by atoms with Crippen molar-refractivity contribution in [1.82, 2.24) is 30.9 Å². The van der Waals surface area contributed by atoms with E-state index in [1.807, 2.05) is 6.07 Å². The summed E-state index contributed by atoms with van der Waals surface area (Å²) in [6.45, 7) is 6.53. The lowest BCUT2D eigenvalue weighted by Crippen LogP contribution is -2.39. The van der Waals surface area contributed by atoms with Crippen LogP contribution in [0, 0.1) is 5.92 Å². The van der Waals surface area contributed by atoms with E-state index in [4.69, 9.17) is 4.74 Å². The van der Waals surface area contributed by atoms with Gasteiger partial charge in [-0.05, 0) is 47.9 Å². The number of aliphatic hydroxyl groups is 1. The highest BCUT2D eigenvalue weighted by Crippen LogP contribution is 2.34. The van der Waals surface area contributed by atoms with Crippen molar-refractivity contribution in [2.45, 2.75) is 31.9 Å². The first-order valence-electron chi connectivity index (χ1n) is 12.2. The monoisotopic (exact) mass is 462 g/mol. The molecule has 3 aliphatic rings. The second kappa shape index (κ2) is 9.36. The number of rotatable bonds is 4. The quantitative estimate of drug-likeness (QED) is 0.587. The zero-order chi connectivity index (χ0) is 22.9. The van der Waals surface area contributed by atoms with Crippen molar-refractivity contribution in [3.8, 4) is 0 Å². The summed E-state index contributed by atoms with van der Waals surface area (Å²) in [4.78, 5) is 4.54. The van der Waals surface area contributed by atoms with Gasteiger partial charge in [0.15, 0.2) is 5.82 Å². The highest BCUT2D eigenvalue weighted by Gasteiger charge is 2.30. The summed E-state index contributed by atoms with van der Waals surface area (Å²) in [6, 6.07) is 8.34. The third-order valence-electron chi connectivity index (χ3n) is 7.23. The molecule has 178 valence electrons. The molecule has 2 aromatic heterocycles. The molecule has 1 aromatic carbocycles. The summed E-state index contributed by atoms with van der Waals surface area (Å²) in [7, 11) is 0. The summed E-state index contributed by atoms with van der Waals surface area (Å²) >= 11 is 0. The SMILES string of the molecule is O[C@H](c1cc2c(nn1)CCNC2)[C@H]1CCCN(c2nnnc3cc(N4CCOCC4)ccc23)C1. The molecule has 10 nitrogen and oxygen atoms in total. The average Bonchev–Trinajstić information content (AvgIpc) is 2.92. The number of aromatic nitrogens is 5. The van der Waals surface area contributed by atoms with Gasteiger partial charge in [-0.3, -0.25) is 0 Å². The van der Waals surface area contributed by atoms with Gasteiger partial charge in [0.1, 0.15) is 11.6 Å². The van der Waals surface area contributed by atoms with E-state index in [0.29, 0.717) is 12.2 Å². The molecule has 0 radical (unpaired) electrons. The third kappa shape index (κ3) is 4.17. The highest BCUT2D eigenvalue weighted by atomic mass is 16.5. The van der Waals surface area contributed by atoms with Crippen molar-refractivity contribution in [2.75, 3.05) is 55.7 Å². The lowest BCUT2D eigenvalue weighted by atomic mass is 9.90. The molecular formula is C24H30N8O2. The van der Waals surface area contributed by atoms with E-state index in [1.165, 1.54) is 0 Å². The van der Waals surface area contributed by atoms with Crippen molar-refractivity contribution in [1.29, 1.82) is 0 Å². The first kappa shape index (κ1) is 21.6. The molecule has 2 fully saturated rings. The molecule has 0 aliphatic carbocycles. The molecule has 0 unspecified atom stereocenters. The second-order valence-corrected chi connectivity index (χ2v) is 9.37. The van der Waals surface area contributed by atoms with E-state index in [2.05, 4.69) is 58.9 Å². The normalized spacial score (nSPS) is 22.0. The van der Waals surface area contributed by atoms with Gasteiger partial charge in [-0.1, -0.05) is 0 Å². The molecule has 6 rings (SSSR count). The van der Waals surface area contributed by atoms with Crippen molar-refractivity contribution >= 4 is 22.4 Å². The van der Waals surface area contributed by atoms with Gasteiger partial charge >= 0.3 is 0 Å². The summed E-state index contributed by atoms with van der Waals surface area (Å²) < 4.78 is 5.48. The molecule has 0 saturated carbocycles. The molecule has 0 bridgehead atoms. The average molecular weight is 463 g/mol. The number of ether oxygens (including phenoxy) is 1. The fourth-order valence-corrected chi connectivity index (χ4v) is 5.32. The number of fused-ring (bicyclic) bond motifs is 2. The molecule has 34 heavy (non-hydrogen) atoms. The minimum atomic E-state index is -0.656. The van der Waals surface area contributed by atoms with Crippen molar-refractivity contribution in [3.05, 3.63) is 41.2 Å². The van der Waals surface area contributed by atoms with Gasteiger partial charge in [0.05, 0.1) is 24.6 Å². The molecule has 0 amide bonds. The van der Waals surface area contributed by atoms with Gasteiger partial charge in [-0.2, -0.15) is 10.2 Å². The van der Waals surface area contributed by atoms with Crippen LogP contribution in [-0.4, -0.2) is 76.7 Å². The van der Waals surface area contributed by atoms with E-state index in [-0.39, 0.29) is 5.92 Å². The van der Waals surface area contributed by atoms with Crippen LogP contribution in [0.3, 0.4) is 0 Å². The van der Waals surface area contributed by atoms with Crippen molar-refractivity contribution in [2.24, 2.45) is 5.92 Å². The smallest absolute Gasteiger partial charge is 0.162 e. The predicted octanol–water partition coefficient (Wildman–Crippen LogP) is 1.25. The van der Waals surface area contributed by atoms with Crippen molar-refractivity contribution < 1.29 is 9.84 Å². The van der Waals surface area contributed by atoms with Crippen LogP contribution in [0.1, 0.15) is 35.9 Å². The third-order valence-corrected chi connectivity index (χ3v) is 7.23. The predicted molar refractivity (Wildman–Crippen MR) is 128 cm³/mol. The number of piperidine rings is 1. The molecule has 3 aliphatic heterocycles. The van der Waals surface area contributed by atoms with E-state index in [9.17, 15) is 5.11 Å². The Morgan fingerprint density at radius 2 is 1.94 bits per heavy atom. The molecular weight excluding hydrogens is 432 g/mol. The maximum Gasteiger partial charge on any atom is 0.162 e. The fourth-order valence-electron chi connectivity index (χ4n) is 5.32. The largest absolute Gasteiger partial charge is 0.386 e. The van der Waals surface area contributed by atoms with Crippen LogP contribution in [0.15, 0.2) is 24.3 Å². The Labute approximate surface area is 198 Å². The lowest BCUT2D eigenvalue weighted by molar-refractivity contribution is 0.0930. The molecule has 3 aromatic rings. The van der Waals surface area contributed by atoms with E-state index < -0.39 is 6.10 Å². The van der Waals surface area contributed by atoms with E-state index >= 15 is 0 Å². The minimum absolute atomic E-state index is 0.0512. The zero-order valence-corrected chi connectivity index (χ0v) is 19.2. The first-order valence-corrected chi connectivity index (χ1v) is 12.2. The van der Waals surface area contributed by atoms with Gasteiger partial charge in [-0.25, -0.2) is 0 Å². The van der Waals surface area contributed by atoms with E-state index in [0.717, 1.165) is 98.9 Å². The number of aliphatic hydroxyl groups excluding tert-OH is 1. The number of morpholine rings is 1. The maximum absolute atomic E-state index is 11.2. The van der Waals surface area contributed by atoms with Gasteiger partial charge in [0, 0.05) is 62.7 Å². The second-order valence-electron chi connectivity index (χ2n) is 9.37. The number of nitrogens with one attached hydrogen (secondary N) is 1. The summed E-state index contributed by atoms with van der Waals surface area (Å²) in [5, 5.41) is 37.1. The van der Waals surface area contributed by atoms with Crippen LogP contribution in [0.4, 0.5) is 11.5 Å². The summed E-state index contributed by atoms with van der Waals surface area (Å²) in [5.41, 5.74) is 4.81. The molecule has 2 N–H and O–H groups in total. The van der Waals surface area contributed by atoms with Gasteiger partial charge in [-0.15, -0.1) is 10.2 Å². The Morgan fingerprint density at radius 3 is 2.85 bits per heavy atom. The van der Waals surface area contributed by atoms with Crippen LogP contribution in [0.25, 0.3) is 10.9 Å². The lowest BCUT2D eigenvalue weighted by Gasteiger charge is -2.36. The molecule has 5 heterocycles. The number of benzene rings is 1. The molecule has 2 atom stereocenters. The Hall–Kier alpha value is -2.95. The zero-order valence-electron chi connectivity index (χ0n) is 19.2. The number of anilines is 2. The van der Waals surface area contributed by atoms with Crippen LogP contribution in [0.5, 0.6) is 0 Å². The molecule has 2 saturated heterocycles. The van der Waals surface area contributed by atoms with Crippen LogP contribution in [0.2, 0.25) is 0 Å². The number of nitrogens with zero attached hydrogens (tertiary/aromatic N) is 7. The van der Waals surface area contributed by atoms with Crippen LogP contribution >= 0.6 is 0 Å². The van der Waals surface area contributed by atoms with Crippen molar-refractivity contribution in [3.63, 3.8) is 0 Å². The van der Waals surface area contributed by atoms with Gasteiger partial charge < -0.3 is 25.0 Å².